The summed E-state index contributed by atoms with van der Waals surface area (Å²) in [5, 5.41) is 19.9. The number of non-ortho nitro benzene ring substituents is 1. The summed E-state index contributed by atoms with van der Waals surface area (Å²) in [6.07, 6.45) is 0.0752. The van der Waals surface area contributed by atoms with E-state index in [-0.39, 0.29) is 18.1 Å². The molecule has 128 valence electrons. The highest BCUT2D eigenvalue weighted by molar-refractivity contribution is 7.89. The highest BCUT2D eigenvalue weighted by Crippen LogP contribution is 2.28. The summed E-state index contributed by atoms with van der Waals surface area (Å²) < 4.78 is 31.8. The Kier molecular flexibility index (Phi) is 6.05. The number of nitro groups is 1. The number of hydrogen-bond donors (Lipinski definition) is 2. The van der Waals surface area contributed by atoms with Gasteiger partial charge in [-0.25, -0.2) is 8.42 Å². The molecule has 0 bridgehead atoms. The Morgan fingerprint density at radius 3 is 2.48 bits per heavy atom. The summed E-state index contributed by atoms with van der Waals surface area (Å²) in [4.78, 5) is 20.8. The number of hydrogen-bond acceptors (Lipinski definition) is 6. The molecule has 23 heavy (non-hydrogen) atoms. The Bertz CT molecular complexity index is 700. The van der Waals surface area contributed by atoms with Crippen LogP contribution in [0.5, 0.6) is 5.75 Å². The average molecular weight is 346 g/mol. The van der Waals surface area contributed by atoms with Gasteiger partial charge in [0, 0.05) is 12.1 Å². The fourth-order valence-corrected chi connectivity index (χ4v) is 3.30. The predicted octanol–water partition coefficient (Wildman–Crippen LogP) is 1.38. The van der Waals surface area contributed by atoms with Crippen LogP contribution >= 0.6 is 0 Å². The van der Waals surface area contributed by atoms with Crippen LogP contribution in [0.25, 0.3) is 0 Å². The van der Waals surface area contributed by atoms with E-state index in [4.69, 9.17) is 9.84 Å². The van der Waals surface area contributed by atoms with Crippen molar-refractivity contribution >= 4 is 21.7 Å². The number of nitrogens with one attached hydrogen (secondary N) is 1. The number of aliphatic carboxylic acids is 1. The van der Waals surface area contributed by atoms with E-state index in [1.165, 1.54) is 7.11 Å². The summed E-state index contributed by atoms with van der Waals surface area (Å²) in [5.41, 5.74) is -0.443. The molecule has 0 spiro atoms. The molecular weight excluding hydrogens is 328 g/mol. The van der Waals surface area contributed by atoms with E-state index >= 15 is 0 Å². The number of nitrogens with zero attached hydrogens (tertiary/aromatic N) is 1. The minimum atomic E-state index is -4.31. The van der Waals surface area contributed by atoms with Crippen molar-refractivity contribution < 1.29 is 28.0 Å². The SMILES string of the molecule is COc1ccc([N+](=O)[O-])cc1S(=O)(=O)N[C@H](CC(C)C)C(=O)O. The van der Waals surface area contributed by atoms with E-state index in [9.17, 15) is 23.3 Å². The number of carboxylic acid groups (broad SMARTS) is 1. The molecular formula is C13H18N2O7S. The van der Waals surface area contributed by atoms with Crippen LogP contribution in [0.4, 0.5) is 5.69 Å². The lowest BCUT2D eigenvalue weighted by Gasteiger charge is -2.17. The van der Waals surface area contributed by atoms with Gasteiger partial charge in [-0.2, -0.15) is 4.72 Å². The van der Waals surface area contributed by atoms with Gasteiger partial charge in [-0.3, -0.25) is 14.9 Å². The van der Waals surface area contributed by atoms with Crippen LogP contribution in [0.1, 0.15) is 20.3 Å². The number of nitro benzene ring substituents is 1. The molecule has 0 radical (unpaired) electrons. The minimum Gasteiger partial charge on any atom is -0.495 e. The van der Waals surface area contributed by atoms with Crippen molar-refractivity contribution in [1.82, 2.24) is 4.72 Å². The number of rotatable bonds is 8. The highest BCUT2D eigenvalue weighted by atomic mass is 32.2. The van der Waals surface area contributed by atoms with Gasteiger partial charge in [-0.05, 0) is 18.4 Å². The van der Waals surface area contributed by atoms with Gasteiger partial charge >= 0.3 is 5.97 Å². The molecule has 0 unspecified atom stereocenters. The third-order valence-electron chi connectivity index (χ3n) is 2.95. The number of benzene rings is 1. The van der Waals surface area contributed by atoms with Crippen LogP contribution in [0, 0.1) is 16.0 Å². The van der Waals surface area contributed by atoms with E-state index in [0.29, 0.717) is 0 Å². The molecule has 0 aliphatic heterocycles. The topological polar surface area (TPSA) is 136 Å². The van der Waals surface area contributed by atoms with Crippen LogP contribution in [-0.4, -0.2) is 37.6 Å². The third kappa shape index (κ3) is 4.89. The van der Waals surface area contributed by atoms with Crippen molar-refractivity contribution in [1.29, 1.82) is 0 Å². The summed E-state index contributed by atoms with van der Waals surface area (Å²) in [6.45, 7) is 3.50. The first-order valence-electron chi connectivity index (χ1n) is 6.66. The lowest BCUT2D eigenvalue weighted by atomic mass is 10.1. The third-order valence-corrected chi connectivity index (χ3v) is 4.44. The Balaban J connectivity index is 3.28. The van der Waals surface area contributed by atoms with E-state index in [2.05, 4.69) is 4.72 Å². The summed E-state index contributed by atoms with van der Waals surface area (Å²) in [7, 11) is -3.10. The molecule has 2 N–H and O–H groups in total. The van der Waals surface area contributed by atoms with Gasteiger partial charge in [0.15, 0.2) is 0 Å². The number of sulfonamides is 1. The second-order valence-electron chi connectivity index (χ2n) is 5.23. The number of carboxylic acids is 1. The molecule has 0 aliphatic carbocycles. The van der Waals surface area contributed by atoms with Crippen molar-refractivity contribution in [3.63, 3.8) is 0 Å². The minimum absolute atomic E-state index is 0.0641. The zero-order valence-corrected chi connectivity index (χ0v) is 13.7. The first kappa shape index (κ1) is 18.8. The molecule has 1 aromatic rings. The van der Waals surface area contributed by atoms with Crippen LogP contribution < -0.4 is 9.46 Å². The first-order chi connectivity index (χ1) is 10.6. The Labute approximate surface area is 133 Å². The maximum atomic E-state index is 12.4. The van der Waals surface area contributed by atoms with Crippen molar-refractivity contribution in [2.45, 2.75) is 31.2 Å². The molecule has 0 fully saturated rings. The van der Waals surface area contributed by atoms with E-state index in [1.807, 2.05) is 0 Å². The molecule has 0 amide bonds. The van der Waals surface area contributed by atoms with Crippen LogP contribution in [0.2, 0.25) is 0 Å². The van der Waals surface area contributed by atoms with E-state index in [1.54, 1.807) is 13.8 Å². The van der Waals surface area contributed by atoms with Crippen LogP contribution in [0.3, 0.4) is 0 Å². The van der Waals surface area contributed by atoms with Crippen LogP contribution in [0.15, 0.2) is 23.1 Å². The fraction of sp³-hybridized carbons (Fsp3) is 0.462. The van der Waals surface area contributed by atoms with Crippen molar-refractivity contribution in [3.05, 3.63) is 28.3 Å². The molecule has 0 aromatic heterocycles. The molecule has 1 rings (SSSR count). The molecule has 1 atom stereocenters. The number of methoxy groups -OCH3 is 1. The Hall–Kier alpha value is -2.20. The zero-order valence-electron chi connectivity index (χ0n) is 12.8. The maximum absolute atomic E-state index is 12.4. The van der Waals surface area contributed by atoms with Gasteiger partial charge in [0.1, 0.15) is 16.7 Å². The standard InChI is InChI=1S/C13H18N2O7S/c1-8(2)6-10(13(16)17)14-23(20,21)12-7-9(15(18)19)4-5-11(12)22-3/h4-5,7-8,10,14H,6H2,1-3H3,(H,16,17)/t10-/m1/s1. The Morgan fingerprint density at radius 2 is 2.04 bits per heavy atom. The van der Waals surface area contributed by atoms with Gasteiger partial charge in [-0.1, -0.05) is 13.8 Å². The Morgan fingerprint density at radius 1 is 1.43 bits per heavy atom. The van der Waals surface area contributed by atoms with Crippen molar-refractivity contribution in [2.75, 3.05) is 7.11 Å². The molecule has 1 aromatic carbocycles. The van der Waals surface area contributed by atoms with Gasteiger partial charge in [0.2, 0.25) is 10.0 Å². The molecule has 0 aliphatic rings. The summed E-state index contributed by atoms with van der Waals surface area (Å²) in [5.74, 6) is -1.51. The summed E-state index contributed by atoms with van der Waals surface area (Å²) in [6, 6.07) is 1.73. The second-order valence-corrected chi connectivity index (χ2v) is 6.92. The first-order valence-corrected chi connectivity index (χ1v) is 8.14. The number of ether oxygens (including phenoxy) is 1. The van der Waals surface area contributed by atoms with Crippen LogP contribution in [-0.2, 0) is 14.8 Å². The molecule has 0 saturated carbocycles. The van der Waals surface area contributed by atoms with Crippen molar-refractivity contribution in [2.24, 2.45) is 5.92 Å². The lowest BCUT2D eigenvalue weighted by molar-refractivity contribution is -0.385. The average Bonchev–Trinajstić information content (AvgIpc) is 2.44. The van der Waals surface area contributed by atoms with E-state index < -0.39 is 37.5 Å². The number of carbonyl (C=O) groups is 1. The highest BCUT2D eigenvalue weighted by Gasteiger charge is 2.29. The normalized spacial score (nSPS) is 12.9. The second kappa shape index (κ2) is 7.38. The summed E-state index contributed by atoms with van der Waals surface area (Å²) >= 11 is 0. The lowest BCUT2D eigenvalue weighted by Crippen LogP contribution is -2.41. The van der Waals surface area contributed by atoms with Gasteiger partial charge in [-0.15, -0.1) is 0 Å². The largest absolute Gasteiger partial charge is 0.495 e. The monoisotopic (exact) mass is 346 g/mol. The molecule has 0 heterocycles. The van der Waals surface area contributed by atoms with Crippen molar-refractivity contribution in [3.8, 4) is 5.75 Å². The maximum Gasteiger partial charge on any atom is 0.321 e. The van der Waals surface area contributed by atoms with E-state index in [0.717, 1.165) is 18.2 Å². The molecule has 0 saturated heterocycles. The molecule has 9 nitrogen and oxygen atoms in total. The predicted molar refractivity (Wildman–Crippen MR) is 80.8 cm³/mol. The fourth-order valence-electron chi connectivity index (χ4n) is 1.91. The smallest absolute Gasteiger partial charge is 0.321 e. The van der Waals surface area contributed by atoms with Gasteiger partial charge < -0.3 is 9.84 Å². The quantitative estimate of drug-likeness (QED) is 0.536. The van der Waals surface area contributed by atoms with Gasteiger partial charge in [0.05, 0.1) is 12.0 Å². The van der Waals surface area contributed by atoms with Gasteiger partial charge in [0.25, 0.3) is 5.69 Å². The zero-order chi connectivity index (χ0) is 17.8. The molecule has 10 heteroatoms.